The van der Waals surface area contributed by atoms with Crippen LogP contribution in [0.1, 0.15) is 89.0 Å². The van der Waals surface area contributed by atoms with Gasteiger partial charge in [0.25, 0.3) is 0 Å². The standard InChI is InChI=1S/C26H39NO/c1-24(25-21-17-15-18-22-25)20-16-13-11-9-7-5-3-2-4-6-8-10-12-14-19-23-26(27)28/h2,4-5,7,11,13,15,17-18,21-22,24H,3,6,8-10,12,14,16,19-20,23H2,1H3,(H2,27,28)/b4-2-,7-5-,13-11-. The highest BCUT2D eigenvalue weighted by Gasteiger charge is 2.02. The quantitative estimate of drug-likeness (QED) is 0.238. The van der Waals surface area contributed by atoms with E-state index < -0.39 is 0 Å². The molecule has 2 nitrogen and oxygen atoms in total. The molecule has 2 heteroatoms. The fourth-order valence-electron chi connectivity index (χ4n) is 3.16. The fraction of sp³-hybridized carbons (Fsp3) is 0.500. The molecule has 0 spiro atoms. The number of hydrogen-bond donors (Lipinski definition) is 1. The van der Waals surface area contributed by atoms with E-state index in [-0.39, 0.29) is 5.91 Å². The molecule has 154 valence electrons. The summed E-state index contributed by atoms with van der Waals surface area (Å²) in [6, 6.07) is 10.8. The molecule has 0 aliphatic heterocycles. The van der Waals surface area contributed by atoms with E-state index in [4.69, 9.17) is 5.73 Å². The number of carbonyl (C=O) groups excluding carboxylic acids is 1. The summed E-state index contributed by atoms with van der Waals surface area (Å²) in [4.78, 5) is 10.6. The van der Waals surface area contributed by atoms with Gasteiger partial charge in [0.2, 0.25) is 5.91 Å². The number of carbonyl (C=O) groups is 1. The number of allylic oxidation sites excluding steroid dienone is 6. The number of hydrogen-bond acceptors (Lipinski definition) is 1. The van der Waals surface area contributed by atoms with Crippen molar-refractivity contribution >= 4 is 5.91 Å². The van der Waals surface area contributed by atoms with Gasteiger partial charge in [-0.2, -0.15) is 0 Å². The molecule has 1 aromatic carbocycles. The normalized spacial score (nSPS) is 13.0. The molecular formula is C26H39NO. The van der Waals surface area contributed by atoms with Crippen LogP contribution in [0.4, 0.5) is 0 Å². The van der Waals surface area contributed by atoms with Gasteiger partial charge >= 0.3 is 0 Å². The summed E-state index contributed by atoms with van der Waals surface area (Å²) < 4.78 is 0. The van der Waals surface area contributed by atoms with Gasteiger partial charge in [0.15, 0.2) is 0 Å². The lowest BCUT2D eigenvalue weighted by Crippen LogP contribution is -2.09. The zero-order chi connectivity index (χ0) is 20.3. The van der Waals surface area contributed by atoms with Crippen molar-refractivity contribution in [2.75, 3.05) is 0 Å². The Morgan fingerprint density at radius 3 is 2.07 bits per heavy atom. The van der Waals surface area contributed by atoms with Crippen molar-refractivity contribution in [3.05, 3.63) is 72.4 Å². The van der Waals surface area contributed by atoms with E-state index in [0.717, 1.165) is 38.5 Å². The molecule has 1 amide bonds. The summed E-state index contributed by atoms with van der Waals surface area (Å²) >= 11 is 0. The van der Waals surface area contributed by atoms with E-state index in [1.54, 1.807) is 0 Å². The van der Waals surface area contributed by atoms with Gasteiger partial charge in [-0.1, -0.05) is 93.0 Å². The van der Waals surface area contributed by atoms with Crippen LogP contribution in [-0.4, -0.2) is 5.91 Å². The molecule has 0 radical (unpaired) electrons. The number of amides is 1. The summed E-state index contributed by atoms with van der Waals surface area (Å²) in [6.07, 6.45) is 25.5. The number of primary amides is 1. The molecule has 0 aromatic heterocycles. The van der Waals surface area contributed by atoms with Crippen molar-refractivity contribution in [1.82, 2.24) is 0 Å². The van der Waals surface area contributed by atoms with Crippen molar-refractivity contribution in [3.8, 4) is 0 Å². The zero-order valence-corrected chi connectivity index (χ0v) is 17.7. The summed E-state index contributed by atoms with van der Waals surface area (Å²) in [5.74, 6) is 0.450. The minimum atomic E-state index is -0.177. The first-order valence-electron chi connectivity index (χ1n) is 11.0. The summed E-state index contributed by atoms with van der Waals surface area (Å²) in [5, 5.41) is 0. The molecule has 0 saturated heterocycles. The van der Waals surface area contributed by atoms with Crippen LogP contribution in [-0.2, 0) is 4.79 Å². The maximum atomic E-state index is 10.6. The van der Waals surface area contributed by atoms with Crippen LogP contribution in [0.15, 0.2) is 66.8 Å². The Bertz CT molecular complexity index is 586. The minimum Gasteiger partial charge on any atom is -0.370 e. The smallest absolute Gasteiger partial charge is 0.217 e. The Morgan fingerprint density at radius 2 is 1.39 bits per heavy atom. The van der Waals surface area contributed by atoms with E-state index in [9.17, 15) is 4.79 Å². The largest absolute Gasteiger partial charge is 0.370 e. The third-order valence-electron chi connectivity index (χ3n) is 4.97. The molecule has 0 aliphatic carbocycles. The van der Waals surface area contributed by atoms with E-state index in [2.05, 4.69) is 73.7 Å². The second kappa shape index (κ2) is 17.0. The van der Waals surface area contributed by atoms with Gasteiger partial charge in [0.1, 0.15) is 0 Å². The molecular weight excluding hydrogens is 342 g/mol. The Hall–Kier alpha value is -2.09. The molecule has 0 aliphatic rings. The van der Waals surface area contributed by atoms with Gasteiger partial charge < -0.3 is 5.73 Å². The van der Waals surface area contributed by atoms with Crippen LogP contribution in [0.3, 0.4) is 0 Å². The highest BCUT2D eigenvalue weighted by molar-refractivity contribution is 5.73. The molecule has 1 rings (SSSR count). The lowest BCUT2D eigenvalue weighted by atomic mass is 9.96. The predicted molar refractivity (Wildman–Crippen MR) is 122 cm³/mol. The van der Waals surface area contributed by atoms with Crippen molar-refractivity contribution in [2.45, 2.75) is 83.5 Å². The van der Waals surface area contributed by atoms with Crippen LogP contribution in [0.2, 0.25) is 0 Å². The van der Waals surface area contributed by atoms with Crippen LogP contribution < -0.4 is 5.73 Å². The van der Waals surface area contributed by atoms with Crippen LogP contribution in [0.25, 0.3) is 0 Å². The maximum Gasteiger partial charge on any atom is 0.217 e. The third kappa shape index (κ3) is 14.0. The maximum absolute atomic E-state index is 10.6. The van der Waals surface area contributed by atoms with E-state index in [1.807, 2.05) is 0 Å². The molecule has 1 aromatic rings. The van der Waals surface area contributed by atoms with Crippen molar-refractivity contribution in [1.29, 1.82) is 0 Å². The van der Waals surface area contributed by atoms with Gasteiger partial charge in [-0.25, -0.2) is 0 Å². The fourth-order valence-corrected chi connectivity index (χ4v) is 3.16. The monoisotopic (exact) mass is 381 g/mol. The van der Waals surface area contributed by atoms with Crippen molar-refractivity contribution in [2.24, 2.45) is 5.73 Å². The lowest BCUT2D eigenvalue weighted by Gasteiger charge is -2.09. The van der Waals surface area contributed by atoms with Crippen LogP contribution >= 0.6 is 0 Å². The Labute approximate surface area is 172 Å². The molecule has 0 heterocycles. The molecule has 28 heavy (non-hydrogen) atoms. The van der Waals surface area contributed by atoms with E-state index >= 15 is 0 Å². The first-order valence-corrected chi connectivity index (χ1v) is 11.0. The molecule has 0 bridgehead atoms. The van der Waals surface area contributed by atoms with Gasteiger partial charge in [-0.3, -0.25) is 4.79 Å². The van der Waals surface area contributed by atoms with Gasteiger partial charge in [-0.05, 0) is 56.4 Å². The second-order valence-electron chi connectivity index (χ2n) is 7.55. The highest BCUT2D eigenvalue weighted by atomic mass is 16.1. The number of unbranched alkanes of at least 4 members (excludes halogenated alkanes) is 5. The molecule has 0 fully saturated rings. The number of rotatable bonds is 16. The molecule has 1 unspecified atom stereocenters. The van der Waals surface area contributed by atoms with E-state index in [0.29, 0.717) is 12.3 Å². The Morgan fingerprint density at radius 1 is 0.821 bits per heavy atom. The van der Waals surface area contributed by atoms with Gasteiger partial charge in [0.05, 0.1) is 0 Å². The van der Waals surface area contributed by atoms with Crippen LogP contribution in [0.5, 0.6) is 0 Å². The SMILES string of the molecule is CC(CC/C=C\C/C=C\C/C=C\CCCCCCCC(N)=O)c1ccccc1. The Kier molecular flexibility index (Phi) is 14.6. The Balaban J connectivity index is 1.92. The number of benzene rings is 1. The van der Waals surface area contributed by atoms with Crippen molar-refractivity contribution < 1.29 is 4.79 Å². The van der Waals surface area contributed by atoms with Crippen molar-refractivity contribution in [3.63, 3.8) is 0 Å². The van der Waals surface area contributed by atoms with Gasteiger partial charge in [0, 0.05) is 6.42 Å². The predicted octanol–water partition coefficient (Wildman–Crippen LogP) is 7.24. The zero-order valence-electron chi connectivity index (χ0n) is 17.7. The molecule has 2 N–H and O–H groups in total. The average molecular weight is 382 g/mol. The average Bonchev–Trinajstić information content (AvgIpc) is 2.70. The van der Waals surface area contributed by atoms with Gasteiger partial charge in [-0.15, -0.1) is 0 Å². The minimum absolute atomic E-state index is 0.177. The topological polar surface area (TPSA) is 43.1 Å². The molecule has 1 atom stereocenters. The summed E-state index contributed by atoms with van der Waals surface area (Å²) in [5.41, 5.74) is 6.56. The van der Waals surface area contributed by atoms with E-state index in [1.165, 1.54) is 31.2 Å². The first kappa shape index (κ1) is 23.9. The molecule has 0 saturated carbocycles. The van der Waals surface area contributed by atoms with Crippen LogP contribution in [0, 0.1) is 0 Å². The lowest BCUT2D eigenvalue weighted by molar-refractivity contribution is -0.118. The highest BCUT2D eigenvalue weighted by Crippen LogP contribution is 2.20. The first-order chi connectivity index (χ1) is 13.7. The number of nitrogens with two attached hydrogens (primary N) is 1. The summed E-state index contributed by atoms with van der Waals surface area (Å²) in [7, 11) is 0. The second-order valence-corrected chi connectivity index (χ2v) is 7.55. The third-order valence-corrected chi connectivity index (χ3v) is 4.97. The summed E-state index contributed by atoms with van der Waals surface area (Å²) in [6.45, 7) is 2.31.